The van der Waals surface area contributed by atoms with Crippen LogP contribution in [0.25, 0.3) is 10.2 Å². The summed E-state index contributed by atoms with van der Waals surface area (Å²) in [5, 5.41) is 22.9. The molecule has 0 radical (unpaired) electrons. The first kappa shape index (κ1) is 29.1. The number of ether oxygens (including phenoxy) is 1. The standard InChI is InChI=1S/C23H24N6O6S3/c1-35-15-14-29-20-9-8-19(37(26,31)32)16-21(20)36-23(29)27-22(30)17-4-6-18(7-5-17)38(33,34)28(12-2-10-24)13-3-11-25/h4-9,16H,2-3,12-15H2,1H3,(H2,26,31,32). The minimum atomic E-state index is -3.98. The molecule has 1 amide bonds. The maximum absolute atomic E-state index is 13.0. The number of fused-ring (bicyclic) bond motifs is 1. The van der Waals surface area contributed by atoms with Crippen molar-refractivity contribution >= 4 is 47.5 Å². The summed E-state index contributed by atoms with van der Waals surface area (Å²) in [6.07, 6.45) is -0.0614. The van der Waals surface area contributed by atoms with Crippen LogP contribution in [0.5, 0.6) is 0 Å². The molecular formula is C23H24N6O6S3. The van der Waals surface area contributed by atoms with Crippen LogP contribution in [-0.2, 0) is 31.3 Å². The van der Waals surface area contributed by atoms with E-state index in [0.29, 0.717) is 28.2 Å². The highest BCUT2D eigenvalue weighted by Gasteiger charge is 2.24. The number of hydrogen-bond donors (Lipinski definition) is 1. The summed E-state index contributed by atoms with van der Waals surface area (Å²) in [6.45, 7) is 0.536. The Morgan fingerprint density at radius 2 is 1.66 bits per heavy atom. The second-order valence-corrected chi connectivity index (χ2v) is 12.4. The van der Waals surface area contributed by atoms with Gasteiger partial charge in [-0.2, -0.15) is 19.8 Å². The number of amides is 1. The van der Waals surface area contributed by atoms with E-state index in [1.54, 1.807) is 10.6 Å². The zero-order chi connectivity index (χ0) is 27.9. The first-order chi connectivity index (χ1) is 18.0. The number of hydrogen-bond acceptors (Lipinski definition) is 9. The van der Waals surface area contributed by atoms with Gasteiger partial charge in [0.15, 0.2) is 4.80 Å². The predicted octanol–water partition coefficient (Wildman–Crippen LogP) is 1.56. The Kier molecular flexibility index (Phi) is 9.50. The van der Waals surface area contributed by atoms with E-state index in [4.69, 9.17) is 20.4 Å². The van der Waals surface area contributed by atoms with Crippen LogP contribution in [0.2, 0.25) is 0 Å². The number of sulfonamides is 2. The van der Waals surface area contributed by atoms with Crippen molar-refractivity contribution in [2.75, 3.05) is 26.8 Å². The molecule has 2 N–H and O–H groups in total. The third-order valence-electron chi connectivity index (χ3n) is 5.38. The molecule has 2 aromatic carbocycles. The Balaban J connectivity index is 1.98. The Labute approximate surface area is 223 Å². The van der Waals surface area contributed by atoms with Crippen LogP contribution in [0.3, 0.4) is 0 Å². The number of carbonyl (C=O) groups is 1. The summed E-state index contributed by atoms with van der Waals surface area (Å²) in [7, 11) is -6.39. The number of benzene rings is 2. The molecule has 15 heteroatoms. The zero-order valence-electron chi connectivity index (χ0n) is 20.3. The van der Waals surface area contributed by atoms with Crippen molar-refractivity contribution in [2.45, 2.75) is 29.2 Å². The van der Waals surface area contributed by atoms with Gasteiger partial charge in [-0.1, -0.05) is 11.3 Å². The average Bonchev–Trinajstić information content (AvgIpc) is 3.22. The Morgan fingerprint density at radius 3 is 2.21 bits per heavy atom. The monoisotopic (exact) mass is 576 g/mol. The van der Waals surface area contributed by atoms with Gasteiger partial charge in [0, 0.05) is 45.1 Å². The first-order valence-corrected chi connectivity index (χ1v) is 14.9. The summed E-state index contributed by atoms with van der Waals surface area (Å²) in [4.78, 5) is 17.3. The lowest BCUT2D eigenvalue weighted by atomic mass is 10.2. The molecule has 0 bridgehead atoms. The van der Waals surface area contributed by atoms with Gasteiger partial charge in [0.2, 0.25) is 20.0 Å². The lowest BCUT2D eigenvalue weighted by Crippen LogP contribution is -2.32. The topological polar surface area (TPSA) is 189 Å². The number of aromatic nitrogens is 1. The molecule has 0 atom stereocenters. The lowest BCUT2D eigenvalue weighted by Gasteiger charge is -2.20. The van der Waals surface area contributed by atoms with E-state index in [2.05, 4.69) is 4.99 Å². The molecule has 12 nitrogen and oxygen atoms in total. The van der Waals surface area contributed by atoms with Gasteiger partial charge < -0.3 is 9.30 Å². The molecule has 0 saturated carbocycles. The fraction of sp³-hybridized carbons (Fsp3) is 0.304. The second-order valence-electron chi connectivity index (χ2n) is 7.87. The minimum absolute atomic E-state index is 0.0307. The van der Waals surface area contributed by atoms with Crippen molar-refractivity contribution in [1.82, 2.24) is 8.87 Å². The second kappa shape index (κ2) is 12.4. The number of nitrogens with zero attached hydrogens (tertiary/aromatic N) is 5. The van der Waals surface area contributed by atoms with E-state index in [9.17, 15) is 21.6 Å². The SMILES string of the molecule is COCCn1c(=NC(=O)c2ccc(S(=O)(=O)N(CCC#N)CCC#N)cc2)sc2cc(S(N)(=O)=O)ccc21. The third kappa shape index (κ3) is 6.70. The van der Waals surface area contributed by atoms with Crippen LogP contribution in [0.4, 0.5) is 0 Å². The Bertz CT molecular complexity index is 1680. The molecule has 1 heterocycles. The highest BCUT2D eigenvalue weighted by atomic mass is 32.2. The number of thiazole rings is 1. The predicted molar refractivity (Wildman–Crippen MR) is 139 cm³/mol. The quantitative estimate of drug-likeness (QED) is 0.356. The molecule has 0 unspecified atom stereocenters. The molecule has 0 aliphatic heterocycles. The summed E-state index contributed by atoms with van der Waals surface area (Å²) in [6, 6.07) is 13.3. The molecular weight excluding hydrogens is 552 g/mol. The van der Waals surface area contributed by atoms with Crippen LogP contribution in [0.1, 0.15) is 23.2 Å². The van der Waals surface area contributed by atoms with Gasteiger partial charge in [-0.3, -0.25) is 4.79 Å². The van der Waals surface area contributed by atoms with Crippen molar-refractivity contribution in [3.05, 3.63) is 52.8 Å². The maximum atomic E-state index is 13.0. The molecule has 0 fully saturated rings. The Morgan fingerprint density at radius 1 is 1.05 bits per heavy atom. The van der Waals surface area contributed by atoms with Gasteiger partial charge in [-0.15, -0.1) is 0 Å². The van der Waals surface area contributed by atoms with Crippen molar-refractivity contribution in [3.63, 3.8) is 0 Å². The van der Waals surface area contributed by atoms with E-state index < -0.39 is 26.0 Å². The fourth-order valence-corrected chi connectivity index (χ4v) is 6.64. The molecule has 3 aromatic rings. The van der Waals surface area contributed by atoms with Crippen molar-refractivity contribution in [3.8, 4) is 12.1 Å². The number of primary sulfonamides is 1. The van der Waals surface area contributed by atoms with Crippen LogP contribution in [0, 0.1) is 22.7 Å². The number of methoxy groups -OCH3 is 1. The van der Waals surface area contributed by atoms with Gasteiger partial charge in [-0.25, -0.2) is 22.0 Å². The molecule has 38 heavy (non-hydrogen) atoms. The van der Waals surface area contributed by atoms with Gasteiger partial charge in [-0.05, 0) is 42.5 Å². The zero-order valence-corrected chi connectivity index (χ0v) is 22.7. The number of nitriles is 2. The highest BCUT2D eigenvalue weighted by Crippen LogP contribution is 2.22. The third-order valence-corrected chi connectivity index (χ3v) is 9.25. The highest BCUT2D eigenvalue weighted by molar-refractivity contribution is 7.89. The fourth-order valence-electron chi connectivity index (χ4n) is 3.49. The molecule has 0 saturated heterocycles. The Hall–Kier alpha value is -3.44. The average molecular weight is 577 g/mol. The molecule has 0 spiro atoms. The van der Waals surface area contributed by atoms with Crippen LogP contribution in [-0.4, -0.2) is 58.4 Å². The smallest absolute Gasteiger partial charge is 0.279 e. The summed E-state index contributed by atoms with van der Waals surface area (Å²) in [5.74, 6) is -0.635. The minimum Gasteiger partial charge on any atom is -0.383 e. The molecule has 200 valence electrons. The van der Waals surface area contributed by atoms with Gasteiger partial charge in [0.05, 0.1) is 38.8 Å². The van der Waals surface area contributed by atoms with Crippen LogP contribution >= 0.6 is 11.3 Å². The van der Waals surface area contributed by atoms with Crippen LogP contribution in [0.15, 0.2) is 57.2 Å². The molecule has 0 aliphatic carbocycles. The molecule has 0 aliphatic rings. The van der Waals surface area contributed by atoms with Gasteiger partial charge >= 0.3 is 0 Å². The number of rotatable bonds is 11. The van der Waals surface area contributed by atoms with Crippen molar-refractivity contribution in [2.24, 2.45) is 10.1 Å². The maximum Gasteiger partial charge on any atom is 0.279 e. The molecule has 3 rings (SSSR count). The number of nitrogens with two attached hydrogens (primary N) is 1. The first-order valence-electron chi connectivity index (χ1n) is 11.1. The normalized spacial score (nSPS) is 12.5. The van der Waals surface area contributed by atoms with E-state index >= 15 is 0 Å². The molecule has 1 aromatic heterocycles. The summed E-state index contributed by atoms with van der Waals surface area (Å²) in [5.41, 5.74) is 0.771. The number of carbonyl (C=O) groups excluding carboxylic acids is 1. The summed E-state index contributed by atoms with van der Waals surface area (Å²) < 4.78 is 58.0. The van der Waals surface area contributed by atoms with E-state index in [-0.39, 0.29) is 41.3 Å². The van der Waals surface area contributed by atoms with E-state index in [1.165, 1.54) is 43.5 Å². The van der Waals surface area contributed by atoms with Crippen molar-refractivity contribution in [1.29, 1.82) is 10.5 Å². The lowest BCUT2D eigenvalue weighted by molar-refractivity contribution is 0.0997. The van der Waals surface area contributed by atoms with Gasteiger partial charge in [0.25, 0.3) is 5.91 Å². The van der Waals surface area contributed by atoms with E-state index in [1.807, 2.05) is 12.1 Å². The van der Waals surface area contributed by atoms with Crippen LogP contribution < -0.4 is 9.94 Å². The summed E-state index contributed by atoms with van der Waals surface area (Å²) >= 11 is 1.10. The van der Waals surface area contributed by atoms with Crippen molar-refractivity contribution < 1.29 is 26.4 Å². The largest absolute Gasteiger partial charge is 0.383 e. The van der Waals surface area contributed by atoms with Gasteiger partial charge in [0.1, 0.15) is 0 Å². The van der Waals surface area contributed by atoms with E-state index in [0.717, 1.165) is 15.6 Å².